The second-order valence-electron chi connectivity index (χ2n) is 3.55. The third-order valence-corrected chi connectivity index (χ3v) is 1.43. The van der Waals surface area contributed by atoms with Crippen LogP contribution in [0.25, 0.3) is 0 Å². The van der Waals surface area contributed by atoms with Gasteiger partial charge in [0.1, 0.15) is 5.97 Å². The van der Waals surface area contributed by atoms with Crippen LogP contribution >= 0.6 is 0 Å². The van der Waals surface area contributed by atoms with Crippen molar-refractivity contribution < 1.29 is 62.5 Å². The van der Waals surface area contributed by atoms with Crippen LogP contribution in [0.15, 0.2) is 30.3 Å². The molecule has 1 N–H and O–H groups in total. The number of carboxylic acids is 2. The molecule has 0 radical (unpaired) electrons. The normalized spacial score (nSPS) is 9.00. The molecule has 0 saturated heterocycles. The van der Waals surface area contributed by atoms with Gasteiger partial charge < -0.3 is 15.0 Å². The summed E-state index contributed by atoms with van der Waals surface area (Å²) in [6, 6.07) is 9.13. The summed E-state index contributed by atoms with van der Waals surface area (Å²) in [4.78, 5) is 19.0. The number of carbonyl (C=O) groups excluding carboxylic acids is 1. The molecule has 114 valence electrons. The second-order valence-corrected chi connectivity index (χ2v) is 3.55. The quantitative estimate of drug-likeness (QED) is 0.713. The van der Waals surface area contributed by atoms with Crippen LogP contribution in [-0.2, 0) is 16.0 Å². The maximum absolute atomic E-state index is 10.5. The van der Waals surface area contributed by atoms with Gasteiger partial charge in [0.2, 0.25) is 0 Å². The summed E-state index contributed by atoms with van der Waals surface area (Å²) in [5.74, 6) is -3.79. The van der Waals surface area contributed by atoms with Crippen LogP contribution in [0.2, 0.25) is 0 Å². The molecule has 0 aliphatic rings. The molecule has 1 rings (SSSR count). The van der Waals surface area contributed by atoms with E-state index in [0.29, 0.717) is 0 Å². The summed E-state index contributed by atoms with van der Waals surface area (Å²) >= 11 is 0. The number of carboxylic acid groups (broad SMARTS) is 2. The predicted molar refractivity (Wildman–Crippen MR) is 64.8 cm³/mol. The van der Waals surface area contributed by atoms with Crippen molar-refractivity contribution in [3.63, 3.8) is 0 Å². The largest absolute Gasteiger partial charge is 1.00 e. The fourth-order valence-electron chi connectivity index (χ4n) is 0.770. The van der Waals surface area contributed by atoms with Crippen LogP contribution < -0.4 is 34.7 Å². The molecule has 0 atom stereocenters. The smallest absolute Gasteiger partial charge is 0.542 e. The predicted octanol–water partition coefficient (Wildman–Crippen LogP) is -0.967. The van der Waals surface area contributed by atoms with E-state index in [2.05, 4.69) is 13.8 Å². The molecule has 0 fully saturated rings. The van der Waals surface area contributed by atoms with E-state index in [9.17, 15) is 18.0 Å². The van der Waals surface area contributed by atoms with Crippen molar-refractivity contribution in [3.8, 4) is 0 Å². The molecule has 0 saturated carbocycles. The Kier molecular flexibility index (Phi) is 16.5. The number of hydrogen-bond acceptors (Lipinski definition) is 3. The zero-order valence-corrected chi connectivity index (χ0v) is 14.1. The van der Waals surface area contributed by atoms with E-state index < -0.39 is 18.1 Å². The molecule has 0 aliphatic carbocycles. The SMILES string of the molecule is CCC.O=C(O)Cc1ccccc1.O=C([O-])C(F)(F)F.[Na+]. The number of alkyl halides is 3. The minimum absolute atomic E-state index is 0. The van der Waals surface area contributed by atoms with Crippen molar-refractivity contribution in [1.29, 1.82) is 0 Å². The maximum atomic E-state index is 10.5. The third-order valence-electron chi connectivity index (χ3n) is 1.43. The summed E-state index contributed by atoms with van der Waals surface area (Å²) in [7, 11) is 0. The first-order valence-electron chi connectivity index (χ1n) is 5.68. The zero-order chi connectivity index (χ0) is 16.2. The van der Waals surface area contributed by atoms with Gasteiger partial charge in [0, 0.05) is 0 Å². The average Bonchev–Trinajstić information content (AvgIpc) is 2.30. The van der Waals surface area contributed by atoms with Gasteiger partial charge in [-0.05, 0) is 5.56 Å². The Hall–Kier alpha value is -1.05. The maximum Gasteiger partial charge on any atom is 1.00 e. The van der Waals surface area contributed by atoms with E-state index in [1.807, 2.05) is 18.2 Å². The number of carbonyl (C=O) groups is 2. The van der Waals surface area contributed by atoms with Gasteiger partial charge in [0.15, 0.2) is 0 Å². The molecule has 0 aromatic heterocycles. The molecule has 4 nitrogen and oxygen atoms in total. The Balaban J connectivity index is -0.000000261. The number of halogens is 3. The monoisotopic (exact) mass is 316 g/mol. The minimum atomic E-state index is -5.19. The Bertz CT molecular complexity index is 394. The fourth-order valence-corrected chi connectivity index (χ4v) is 0.770. The van der Waals surface area contributed by atoms with Crippen molar-refractivity contribution in [1.82, 2.24) is 0 Å². The van der Waals surface area contributed by atoms with Crippen molar-refractivity contribution in [2.24, 2.45) is 0 Å². The standard InChI is InChI=1S/C8H8O2.C3H8.C2HF3O2.Na/c9-8(10)6-7-4-2-1-3-5-7;1-3-2;3-2(4,5)1(6)7;/h1-5H,6H2,(H,9,10);3H2,1-2H3;(H,6,7);/q;;;+1/p-1. The van der Waals surface area contributed by atoms with E-state index in [1.54, 1.807) is 12.1 Å². The Morgan fingerprint density at radius 2 is 1.48 bits per heavy atom. The van der Waals surface area contributed by atoms with Crippen molar-refractivity contribution in [2.75, 3.05) is 0 Å². The van der Waals surface area contributed by atoms with Crippen LogP contribution in [0.3, 0.4) is 0 Å². The number of benzene rings is 1. The van der Waals surface area contributed by atoms with Gasteiger partial charge in [-0.3, -0.25) is 4.79 Å². The first-order valence-corrected chi connectivity index (χ1v) is 5.68. The molecule has 8 heteroatoms. The third kappa shape index (κ3) is 18.9. The van der Waals surface area contributed by atoms with E-state index in [0.717, 1.165) is 5.56 Å². The van der Waals surface area contributed by atoms with Gasteiger partial charge in [0.05, 0.1) is 6.42 Å². The van der Waals surface area contributed by atoms with Crippen LogP contribution in [0.5, 0.6) is 0 Å². The fraction of sp³-hybridized carbons (Fsp3) is 0.385. The molecular weight excluding hydrogens is 300 g/mol. The molecule has 0 unspecified atom stereocenters. The summed E-state index contributed by atoms with van der Waals surface area (Å²) in [5, 5.41) is 17.2. The summed E-state index contributed by atoms with van der Waals surface area (Å²) < 4.78 is 31.5. The Morgan fingerprint density at radius 1 is 1.14 bits per heavy atom. The summed E-state index contributed by atoms with van der Waals surface area (Å²) in [6.45, 7) is 4.25. The number of rotatable bonds is 2. The summed E-state index contributed by atoms with van der Waals surface area (Å²) in [6.07, 6.45) is -3.83. The molecule has 0 bridgehead atoms. The number of aliphatic carboxylic acids is 2. The van der Waals surface area contributed by atoms with Crippen LogP contribution in [0, 0.1) is 0 Å². The average molecular weight is 316 g/mol. The molecular formula is C13H16F3NaO4. The first-order chi connectivity index (χ1) is 9.15. The number of hydrogen-bond donors (Lipinski definition) is 1. The van der Waals surface area contributed by atoms with Crippen molar-refractivity contribution >= 4 is 11.9 Å². The first kappa shape index (κ1) is 24.9. The molecule has 1 aromatic rings. The Labute approximate surface area is 143 Å². The van der Waals surface area contributed by atoms with Gasteiger partial charge >= 0.3 is 41.7 Å². The molecule has 21 heavy (non-hydrogen) atoms. The summed E-state index contributed by atoms with van der Waals surface area (Å²) in [5.41, 5.74) is 0.843. The molecule has 0 spiro atoms. The minimum Gasteiger partial charge on any atom is -0.542 e. The van der Waals surface area contributed by atoms with Crippen LogP contribution in [0.1, 0.15) is 25.8 Å². The van der Waals surface area contributed by atoms with Gasteiger partial charge in [0.25, 0.3) is 0 Å². The molecule has 0 aliphatic heterocycles. The van der Waals surface area contributed by atoms with Gasteiger partial charge in [-0.2, -0.15) is 13.2 Å². The van der Waals surface area contributed by atoms with Crippen LogP contribution in [0.4, 0.5) is 13.2 Å². The topological polar surface area (TPSA) is 77.4 Å². The molecule has 0 amide bonds. The van der Waals surface area contributed by atoms with Gasteiger partial charge in [-0.25, -0.2) is 0 Å². The Morgan fingerprint density at radius 3 is 1.71 bits per heavy atom. The van der Waals surface area contributed by atoms with Crippen molar-refractivity contribution in [2.45, 2.75) is 32.9 Å². The molecule has 1 aromatic carbocycles. The van der Waals surface area contributed by atoms with Crippen LogP contribution in [-0.4, -0.2) is 23.2 Å². The van der Waals surface area contributed by atoms with Crippen molar-refractivity contribution in [3.05, 3.63) is 35.9 Å². The van der Waals surface area contributed by atoms with Gasteiger partial charge in [-0.1, -0.05) is 50.6 Å². The zero-order valence-electron chi connectivity index (χ0n) is 12.1. The molecule has 0 heterocycles. The van der Waals surface area contributed by atoms with Gasteiger partial charge in [-0.15, -0.1) is 0 Å². The second kappa shape index (κ2) is 13.9. The van der Waals surface area contributed by atoms with E-state index in [4.69, 9.17) is 15.0 Å². The van der Waals surface area contributed by atoms with E-state index in [-0.39, 0.29) is 36.0 Å². The van der Waals surface area contributed by atoms with E-state index in [1.165, 1.54) is 6.42 Å². The van der Waals surface area contributed by atoms with E-state index >= 15 is 0 Å².